The van der Waals surface area contributed by atoms with E-state index < -0.39 is 0 Å². The lowest BCUT2D eigenvalue weighted by Crippen LogP contribution is -2.25. The summed E-state index contributed by atoms with van der Waals surface area (Å²) in [5.74, 6) is 0. The second-order valence-corrected chi connectivity index (χ2v) is 5.63. The Labute approximate surface area is 128 Å². The fraction of sp³-hybridized carbons (Fsp3) is 0.500. The highest BCUT2D eigenvalue weighted by Gasteiger charge is 2.05. The van der Waals surface area contributed by atoms with Crippen LogP contribution in [0.15, 0.2) is 36.5 Å². The summed E-state index contributed by atoms with van der Waals surface area (Å²) >= 11 is 0. The van der Waals surface area contributed by atoms with Crippen molar-refractivity contribution >= 4 is 16.6 Å². The van der Waals surface area contributed by atoms with E-state index in [0.717, 1.165) is 24.3 Å². The van der Waals surface area contributed by atoms with Gasteiger partial charge in [-0.25, -0.2) is 0 Å². The number of benzene rings is 1. The predicted octanol–water partition coefficient (Wildman–Crippen LogP) is 4.16. The van der Waals surface area contributed by atoms with Crippen LogP contribution < -0.4 is 5.32 Å². The number of pyridine rings is 1. The largest absolute Gasteiger partial charge is 0.381 e. The maximum atomic E-state index is 4.50. The number of aromatic nitrogens is 1. The molecule has 0 amide bonds. The summed E-state index contributed by atoms with van der Waals surface area (Å²) in [5.41, 5.74) is 2.17. The molecule has 0 aliphatic carbocycles. The van der Waals surface area contributed by atoms with Crippen LogP contribution in [0.5, 0.6) is 0 Å². The van der Waals surface area contributed by atoms with E-state index in [4.69, 9.17) is 0 Å². The first-order chi connectivity index (χ1) is 10.2. The molecule has 0 fully saturated rings. The summed E-state index contributed by atoms with van der Waals surface area (Å²) in [7, 11) is 0. The number of anilines is 1. The van der Waals surface area contributed by atoms with Crippen LogP contribution in [0, 0.1) is 0 Å². The van der Waals surface area contributed by atoms with Crippen molar-refractivity contribution in [3.8, 4) is 0 Å². The Hall–Kier alpha value is -1.61. The maximum absolute atomic E-state index is 4.50. The van der Waals surface area contributed by atoms with Crippen molar-refractivity contribution in [2.45, 2.75) is 39.7 Å². The standard InChI is InChI=1S/C18H27N3/c1-4-21(5-2)12-8-9-15(3)20-17-13-16-10-6-7-11-18(16)19-14-17/h6-7,10-11,13-15,20H,4-5,8-9,12H2,1-3H3. The van der Waals surface area contributed by atoms with Gasteiger partial charge in [0.15, 0.2) is 0 Å². The molecule has 21 heavy (non-hydrogen) atoms. The molecule has 1 heterocycles. The smallest absolute Gasteiger partial charge is 0.0703 e. The predicted molar refractivity (Wildman–Crippen MR) is 91.8 cm³/mol. The van der Waals surface area contributed by atoms with Crippen molar-refractivity contribution in [1.29, 1.82) is 0 Å². The van der Waals surface area contributed by atoms with Gasteiger partial charge < -0.3 is 10.2 Å². The van der Waals surface area contributed by atoms with Crippen LogP contribution in [0.3, 0.4) is 0 Å². The van der Waals surface area contributed by atoms with Crippen LogP contribution >= 0.6 is 0 Å². The summed E-state index contributed by atoms with van der Waals surface area (Å²) in [6, 6.07) is 10.9. The van der Waals surface area contributed by atoms with Crippen molar-refractivity contribution in [3.63, 3.8) is 0 Å². The minimum atomic E-state index is 0.475. The minimum absolute atomic E-state index is 0.475. The number of rotatable bonds is 8. The molecule has 0 saturated carbocycles. The molecule has 1 aromatic heterocycles. The van der Waals surface area contributed by atoms with Crippen LogP contribution in [-0.2, 0) is 0 Å². The van der Waals surface area contributed by atoms with Crippen LogP contribution in [0.4, 0.5) is 5.69 Å². The summed E-state index contributed by atoms with van der Waals surface area (Å²) in [6.07, 6.45) is 4.35. The van der Waals surface area contributed by atoms with Crippen molar-refractivity contribution in [2.24, 2.45) is 0 Å². The monoisotopic (exact) mass is 285 g/mol. The van der Waals surface area contributed by atoms with Crippen molar-refractivity contribution in [3.05, 3.63) is 36.5 Å². The molecule has 0 aliphatic rings. The normalized spacial score (nSPS) is 12.8. The quantitative estimate of drug-likeness (QED) is 0.789. The molecule has 0 bridgehead atoms. The van der Waals surface area contributed by atoms with Gasteiger partial charge in [0, 0.05) is 11.4 Å². The van der Waals surface area contributed by atoms with Gasteiger partial charge in [0.25, 0.3) is 0 Å². The van der Waals surface area contributed by atoms with E-state index in [9.17, 15) is 0 Å². The highest BCUT2D eigenvalue weighted by Crippen LogP contribution is 2.17. The van der Waals surface area contributed by atoms with Crippen LogP contribution in [0.25, 0.3) is 10.9 Å². The lowest BCUT2D eigenvalue weighted by molar-refractivity contribution is 0.295. The van der Waals surface area contributed by atoms with Gasteiger partial charge in [-0.15, -0.1) is 0 Å². The topological polar surface area (TPSA) is 28.2 Å². The fourth-order valence-corrected chi connectivity index (χ4v) is 2.67. The summed E-state index contributed by atoms with van der Waals surface area (Å²) < 4.78 is 0. The molecule has 1 atom stereocenters. The average Bonchev–Trinajstić information content (AvgIpc) is 2.51. The first-order valence-corrected chi connectivity index (χ1v) is 8.06. The zero-order valence-electron chi connectivity index (χ0n) is 13.5. The van der Waals surface area contributed by atoms with Crippen LogP contribution in [0.2, 0.25) is 0 Å². The number of para-hydroxylation sites is 1. The highest BCUT2D eigenvalue weighted by molar-refractivity contribution is 5.81. The van der Waals surface area contributed by atoms with E-state index >= 15 is 0 Å². The summed E-state index contributed by atoms with van der Waals surface area (Å²) in [5, 5.41) is 4.76. The van der Waals surface area contributed by atoms with Crippen LogP contribution in [0.1, 0.15) is 33.6 Å². The van der Waals surface area contributed by atoms with E-state index in [1.54, 1.807) is 0 Å². The molecule has 1 unspecified atom stereocenters. The molecule has 3 heteroatoms. The van der Waals surface area contributed by atoms with Gasteiger partial charge in [0.1, 0.15) is 0 Å². The molecule has 0 saturated heterocycles. The maximum Gasteiger partial charge on any atom is 0.0703 e. The van der Waals surface area contributed by atoms with E-state index in [0.29, 0.717) is 6.04 Å². The third-order valence-electron chi connectivity index (χ3n) is 4.01. The van der Waals surface area contributed by atoms with Crippen LogP contribution in [-0.4, -0.2) is 35.6 Å². The highest BCUT2D eigenvalue weighted by atomic mass is 15.1. The van der Waals surface area contributed by atoms with Gasteiger partial charge in [0.05, 0.1) is 17.4 Å². The van der Waals surface area contributed by atoms with Gasteiger partial charge in [-0.3, -0.25) is 4.98 Å². The Kier molecular flexibility index (Phi) is 6.00. The Morgan fingerprint density at radius 1 is 1.19 bits per heavy atom. The first-order valence-electron chi connectivity index (χ1n) is 8.06. The van der Waals surface area contributed by atoms with Crippen molar-refractivity contribution in [1.82, 2.24) is 9.88 Å². The third kappa shape index (κ3) is 4.71. The number of nitrogens with zero attached hydrogens (tertiary/aromatic N) is 2. The van der Waals surface area contributed by atoms with E-state index in [-0.39, 0.29) is 0 Å². The molecule has 1 aromatic carbocycles. The molecule has 1 N–H and O–H groups in total. The van der Waals surface area contributed by atoms with Crippen molar-refractivity contribution < 1.29 is 0 Å². The van der Waals surface area contributed by atoms with Gasteiger partial charge >= 0.3 is 0 Å². The molecule has 0 spiro atoms. The Morgan fingerprint density at radius 3 is 2.71 bits per heavy atom. The summed E-state index contributed by atoms with van der Waals surface area (Å²) in [4.78, 5) is 6.98. The molecule has 0 aliphatic heterocycles. The lowest BCUT2D eigenvalue weighted by Gasteiger charge is -2.20. The molecular formula is C18H27N3. The molecule has 0 radical (unpaired) electrons. The zero-order valence-corrected chi connectivity index (χ0v) is 13.5. The Bertz CT molecular complexity index is 549. The number of fused-ring (bicyclic) bond motifs is 1. The number of hydrogen-bond acceptors (Lipinski definition) is 3. The zero-order chi connectivity index (χ0) is 15.1. The molecule has 2 aromatic rings. The Balaban J connectivity index is 1.85. The average molecular weight is 285 g/mol. The van der Waals surface area contributed by atoms with Crippen molar-refractivity contribution in [2.75, 3.05) is 25.0 Å². The number of hydrogen-bond donors (Lipinski definition) is 1. The fourth-order valence-electron chi connectivity index (χ4n) is 2.67. The van der Waals surface area contributed by atoms with E-state index in [1.807, 2.05) is 18.3 Å². The third-order valence-corrected chi connectivity index (χ3v) is 4.01. The lowest BCUT2D eigenvalue weighted by atomic mass is 10.1. The number of nitrogens with one attached hydrogen (secondary N) is 1. The summed E-state index contributed by atoms with van der Waals surface area (Å²) in [6.45, 7) is 10.2. The second-order valence-electron chi connectivity index (χ2n) is 5.63. The van der Waals surface area contributed by atoms with Gasteiger partial charge in [-0.1, -0.05) is 32.0 Å². The molecule has 3 nitrogen and oxygen atoms in total. The molecule has 2 rings (SSSR count). The first kappa shape index (κ1) is 15.8. The second kappa shape index (κ2) is 7.99. The van der Waals surface area contributed by atoms with E-state index in [1.165, 1.54) is 24.8 Å². The van der Waals surface area contributed by atoms with Gasteiger partial charge in [0.2, 0.25) is 0 Å². The van der Waals surface area contributed by atoms with E-state index in [2.05, 4.69) is 54.2 Å². The van der Waals surface area contributed by atoms with Gasteiger partial charge in [-0.05, 0) is 51.5 Å². The Morgan fingerprint density at radius 2 is 1.95 bits per heavy atom. The SMILES string of the molecule is CCN(CC)CCCC(C)Nc1cnc2ccccc2c1. The minimum Gasteiger partial charge on any atom is -0.381 e. The molecule has 114 valence electrons. The van der Waals surface area contributed by atoms with Gasteiger partial charge in [-0.2, -0.15) is 0 Å². The molecular weight excluding hydrogens is 258 g/mol.